The molecule has 0 atom stereocenters. The van der Waals surface area contributed by atoms with Gasteiger partial charge < -0.3 is 5.32 Å². The highest BCUT2D eigenvalue weighted by molar-refractivity contribution is 8.18. The van der Waals surface area contributed by atoms with Crippen molar-refractivity contribution in [3.63, 3.8) is 0 Å². The third-order valence-electron chi connectivity index (χ3n) is 4.46. The van der Waals surface area contributed by atoms with Crippen molar-refractivity contribution < 1.29 is 19.3 Å². The van der Waals surface area contributed by atoms with E-state index >= 15 is 0 Å². The molecule has 0 bridgehead atoms. The van der Waals surface area contributed by atoms with Crippen LogP contribution >= 0.6 is 11.8 Å². The number of carbonyl (C=O) groups is 3. The lowest BCUT2D eigenvalue weighted by atomic mass is 10.1. The summed E-state index contributed by atoms with van der Waals surface area (Å²) < 4.78 is 0. The number of nitrogens with zero attached hydrogens (tertiary/aromatic N) is 2. The molecule has 8 nitrogen and oxygen atoms in total. The molecule has 0 spiro atoms. The molecule has 3 amide bonds. The van der Waals surface area contributed by atoms with Gasteiger partial charge in [0.15, 0.2) is 0 Å². The molecule has 0 aromatic heterocycles. The maximum absolute atomic E-state index is 12.5. The summed E-state index contributed by atoms with van der Waals surface area (Å²) in [5, 5.41) is 12.9. The molecule has 1 fully saturated rings. The normalized spacial score (nSPS) is 15.1. The molecule has 1 N–H and O–H groups in total. The van der Waals surface area contributed by atoms with Crippen LogP contribution in [0, 0.1) is 24.0 Å². The molecular weight excluding hydrogens is 394 g/mol. The van der Waals surface area contributed by atoms with Gasteiger partial charge in [-0.3, -0.25) is 29.4 Å². The monoisotopic (exact) mass is 411 g/mol. The lowest BCUT2D eigenvalue weighted by Crippen LogP contribution is -2.36. The molecule has 1 saturated heterocycles. The van der Waals surface area contributed by atoms with Gasteiger partial charge >= 0.3 is 0 Å². The van der Waals surface area contributed by atoms with Gasteiger partial charge in [-0.1, -0.05) is 12.1 Å². The zero-order valence-electron chi connectivity index (χ0n) is 15.7. The average Bonchev–Trinajstić information content (AvgIpc) is 2.93. The number of non-ortho nitro benzene ring substituents is 1. The van der Waals surface area contributed by atoms with Gasteiger partial charge in [0.2, 0.25) is 5.91 Å². The summed E-state index contributed by atoms with van der Waals surface area (Å²) in [6.45, 7) is 3.40. The zero-order valence-corrected chi connectivity index (χ0v) is 16.5. The van der Waals surface area contributed by atoms with E-state index < -0.39 is 28.5 Å². The van der Waals surface area contributed by atoms with Crippen LogP contribution in [0.4, 0.5) is 16.2 Å². The smallest absolute Gasteiger partial charge is 0.294 e. The van der Waals surface area contributed by atoms with Crippen molar-refractivity contribution in [2.24, 2.45) is 0 Å². The molecule has 0 radical (unpaired) electrons. The standard InChI is InChI=1S/C20H17N3O5S/c1-12-4-3-5-16(13(12)2)21-18(24)11-22-19(25)17(29-20(22)26)10-14-6-8-15(9-7-14)23(27)28/h3-10H,11H2,1-2H3,(H,21,24)/b17-10+. The zero-order chi connectivity index (χ0) is 21.1. The van der Waals surface area contributed by atoms with E-state index in [2.05, 4.69) is 5.32 Å². The fourth-order valence-electron chi connectivity index (χ4n) is 2.70. The van der Waals surface area contributed by atoms with Crippen molar-refractivity contribution >= 4 is 46.3 Å². The van der Waals surface area contributed by atoms with Crippen LogP contribution in [0.5, 0.6) is 0 Å². The van der Waals surface area contributed by atoms with E-state index in [-0.39, 0.29) is 10.6 Å². The van der Waals surface area contributed by atoms with E-state index in [1.807, 2.05) is 26.0 Å². The molecule has 2 aromatic carbocycles. The second-order valence-electron chi connectivity index (χ2n) is 6.41. The highest BCUT2D eigenvalue weighted by Gasteiger charge is 2.36. The minimum atomic E-state index is -0.575. The Kier molecular flexibility index (Phi) is 5.79. The topological polar surface area (TPSA) is 110 Å². The summed E-state index contributed by atoms with van der Waals surface area (Å²) in [5.74, 6) is -1.05. The van der Waals surface area contributed by atoms with Crippen LogP contribution < -0.4 is 5.32 Å². The number of imide groups is 1. The van der Waals surface area contributed by atoms with E-state index in [1.54, 1.807) is 6.07 Å². The van der Waals surface area contributed by atoms with Gasteiger partial charge in [0, 0.05) is 17.8 Å². The Morgan fingerprint density at radius 3 is 2.52 bits per heavy atom. The van der Waals surface area contributed by atoms with Gasteiger partial charge in [-0.25, -0.2) is 0 Å². The van der Waals surface area contributed by atoms with Crippen molar-refractivity contribution in [3.8, 4) is 0 Å². The first kappa shape index (κ1) is 20.3. The van der Waals surface area contributed by atoms with Crippen molar-refractivity contribution in [2.45, 2.75) is 13.8 Å². The molecule has 1 aliphatic rings. The highest BCUT2D eigenvalue weighted by Crippen LogP contribution is 2.32. The number of nitrogens with one attached hydrogen (secondary N) is 1. The van der Waals surface area contributed by atoms with Gasteiger partial charge in [0.1, 0.15) is 6.54 Å². The van der Waals surface area contributed by atoms with E-state index in [0.29, 0.717) is 11.3 Å². The van der Waals surface area contributed by atoms with Gasteiger partial charge in [-0.05, 0) is 66.6 Å². The Morgan fingerprint density at radius 2 is 1.86 bits per heavy atom. The summed E-state index contributed by atoms with van der Waals surface area (Å²) in [7, 11) is 0. The first-order valence-corrected chi connectivity index (χ1v) is 9.44. The molecule has 9 heteroatoms. The number of amides is 3. The summed E-state index contributed by atoms with van der Waals surface area (Å²) in [4.78, 5) is 48.3. The number of benzene rings is 2. The number of rotatable bonds is 5. The van der Waals surface area contributed by atoms with E-state index in [0.717, 1.165) is 27.8 Å². The first-order valence-electron chi connectivity index (χ1n) is 8.62. The predicted molar refractivity (Wildman–Crippen MR) is 110 cm³/mol. The predicted octanol–water partition coefficient (Wildman–Crippen LogP) is 3.89. The number of hydrogen-bond donors (Lipinski definition) is 1. The van der Waals surface area contributed by atoms with Crippen LogP contribution in [0.25, 0.3) is 6.08 Å². The Bertz CT molecular complexity index is 1050. The number of hydrogen-bond acceptors (Lipinski definition) is 6. The molecule has 1 heterocycles. The fraction of sp³-hybridized carbons (Fsp3) is 0.150. The summed E-state index contributed by atoms with van der Waals surface area (Å²) in [6, 6.07) is 11.1. The second kappa shape index (κ2) is 8.27. The Morgan fingerprint density at radius 1 is 1.17 bits per heavy atom. The summed E-state index contributed by atoms with van der Waals surface area (Å²) in [5.41, 5.74) is 3.02. The van der Waals surface area contributed by atoms with Gasteiger partial charge in [-0.15, -0.1) is 0 Å². The fourth-order valence-corrected chi connectivity index (χ4v) is 3.54. The number of nitro groups is 1. The van der Waals surface area contributed by atoms with Crippen LogP contribution in [-0.4, -0.2) is 33.4 Å². The van der Waals surface area contributed by atoms with Gasteiger partial charge in [0.05, 0.1) is 9.83 Å². The quantitative estimate of drug-likeness (QED) is 0.454. The average molecular weight is 411 g/mol. The van der Waals surface area contributed by atoms with E-state index in [1.165, 1.54) is 30.3 Å². The maximum atomic E-state index is 12.5. The summed E-state index contributed by atoms with van der Waals surface area (Å²) >= 11 is 0.726. The van der Waals surface area contributed by atoms with Crippen molar-refractivity contribution in [1.29, 1.82) is 0 Å². The largest absolute Gasteiger partial charge is 0.324 e. The lowest BCUT2D eigenvalue weighted by Gasteiger charge is -2.14. The van der Waals surface area contributed by atoms with E-state index in [4.69, 9.17) is 0 Å². The second-order valence-corrected chi connectivity index (χ2v) is 7.41. The van der Waals surface area contributed by atoms with Crippen LogP contribution in [0.3, 0.4) is 0 Å². The van der Waals surface area contributed by atoms with Gasteiger partial charge in [0.25, 0.3) is 16.8 Å². The van der Waals surface area contributed by atoms with Crippen LogP contribution in [-0.2, 0) is 9.59 Å². The molecule has 0 saturated carbocycles. The first-order chi connectivity index (χ1) is 13.8. The van der Waals surface area contributed by atoms with Crippen molar-refractivity contribution in [3.05, 3.63) is 74.2 Å². The van der Waals surface area contributed by atoms with Crippen LogP contribution in [0.2, 0.25) is 0 Å². The molecule has 0 unspecified atom stereocenters. The number of anilines is 1. The highest BCUT2D eigenvalue weighted by atomic mass is 32.2. The molecule has 29 heavy (non-hydrogen) atoms. The van der Waals surface area contributed by atoms with Crippen molar-refractivity contribution in [1.82, 2.24) is 4.90 Å². The van der Waals surface area contributed by atoms with Gasteiger partial charge in [-0.2, -0.15) is 0 Å². The Labute approximate surface area is 170 Å². The molecule has 148 valence electrons. The molecule has 1 aliphatic heterocycles. The van der Waals surface area contributed by atoms with Crippen LogP contribution in [0.15, 0.2) is 47.4 Å². The molecule has 3 rings (SSSR count). The molecular formula is C20H17N3O5S. The number of carbonyl (C=O) groups excluding carboxylic acids is 3. The lowest BCUT2D eigenvalue weighted by molar-refractivity contribution is -0.384. The minimum absolute atomic E-state index is 0.0710. The van der Waals surface area contributed by atoms with Crippen LogP contribution in [0.1, 0.15) is 16.7 Å². The third-order valence-corrected chi connectivity index (χ3v) is 5.36. The SMILES string of the molecule is Cc1cccc(NC(=O)CN2C(=O)S/C(=C/c3ccc([N+](=O)[O-])cc3)C2=O)c1C. The van der Waals surface area contributed by atoms with Crippen molar-refractivity contribution in [2.75, 3.05) is 11.9 Å². The molecule has 0 aliphatic carbocycles. The third kappa shape index (κ3) is 4.52. The number of aryl methyl sites for hydroxylation is 1. The molecule has 2 aromatic rings. The summed E-state index contributed by atoms with van der Waals surface area (Å²) in [6.07, 6.45) is 1.47. The maximum Gasteiger partial charge on any atom is 0.294 e. The Hall–Kier alpha value is -3.46. The Balaban J connectivity index is 1.70. The number of nitro benzene ring substituents is 1. The minimum Gasteiger partial charge on any atom is -0.324 e. The number of thioether (sulfide) groups is 1. The van der Waals surface area contributed by atoms with E-state index in [9.17, 15) is 24.5 Å².